The maximum Gasteiger partial charge on any atom is 0.320 e. The molecule has 1 aliphatic rings. The zero-order valence-electron chi connectivity index (χ0n) is 10.4. The molecule has 0 spiro atoms. The molecule has 0 aromatic carbocycles. The van der Waals surface area contributed by atoms with Crippen LogP contribution in [0.15, 0.2) is 18.3 Å². The van der Waals surface area contributed by atoms with Gasteiger partial charge in [-0.15, -0.1) is 0 Å². The van der Waals surface area contributed by atoms with Crippen LogP contribution in [0.3, 0.4) is 0 Å². The van der Waals surface area contributed by atoms with Gasteiger partial charge in [-0.3, -0.25) is 0 Å². The second kappa shape index (κ2) is 4.79. The average Bonchev–Trinajstić information content (AvgIpc) is 2.88. The summed E-state index contributed by atoms with van der Waals surface area (Å²) in [5, 5.41) is 0. The number of likely N-dealkylation sites (N-methyl/N-ethyl adjacent to an activating group) is 1. The fourth-order valence-corrected chi connectivity index (χ4v) is 2.17. The largest absolute Gasteiger partial charge is 0.363 e. The second-order valence-corrected chi connectivity index (χ2v) is 4.75. The molecule has 5 nitrogen and oxygen atoms in total. The molecule has 5 heteroatoms. The number of H-pyrrole nitrogens is 1. The van der Waals surface area contributed by atoms with E-state index in [1.165, 1.54) is 0 Å². The Morgan fingerprint density at radius 3 is 3.00 bits per heavy atom. The molecule has 0 aliphatic carbocycles. The number of carbonyl (C=O) groups excluding carboxylic acids is 1. The van der Waals surface area contributed by atoms with Crippen molar-refractivity contribution in [2.24, 2.45) is 5.73 Å². The standard InChI is InChI=1S/C12H20N4O/c1-9(13)5-7-16-8-11(15(2)12(16)17)10-4-3-6-14-10/h3-4,6,9,11,14H,5,7-8,13H2,1-2H3. The van der Waals surface area contributed by atoms with Crippen LogP contribution in [0.4, 0.5) is 4.79 Å². The first-order valence-electron chi connectivity index (χ1n) is 6.00. The molecule has 2 unspecified atom stereocenters. The summed E-state index contributed by atoms with van der Waals surface area (Å²) in [5.74, 6) is 0. The third-order valence-corrected chi connectivity index (χ3v) is 3.27. The van der Waals surface area contributed by atoms with Gasteiger partial charge in [0.25, 0.3) is 0 Å². The van der Waals surface area contributed by atoms with Crippen LogP contribution >= 0.6 is 0 Å². The molecule has 0 bridgehead atoms. The normalized spacial score (nSPS) is 22.3. The molecular formula is C12H20N4O. The summed E-state index contributed by atoms with van der Waals surface area (Å²) in [7, 11) is 1.85. The smallest absolute Gasteiger partial charge is 0.320 e. The lowest BCUT2D eigenvalue weighted by molar-refractivity contribution is 0.194. The first kappa shape index (κ1) is 12.0. The monoisotopic (exact) mass is 236 g/mol. The highest BCUT2D eigenvalue weighted by atomic mass is 16.2. The molecular weight excluding hydrogens is 216 g/mol. The van der Waals surface area contributed by atoms with Gasteiger partial charge in [0, 0.05) is 38.1 Å². The number of hydrogen-bond acceptors (Lipinski definition) is 2. The Balaban J connectivity index is 2.02. The fourth-order valence-electron chi connectivity index (χ4n) is 2.17. The summed E-state index contributed by atoms with van der Waals surface area (Å²) in [5.41, 5.74) is 6.81. The van der Waals surface area contributed by atoms with E-state index in [9.17, 15) is 4.79 Å². The van der Waals surface area contributed by atoms with E-state index in [2.05, 4.69) is 4.98 Å². The summed E-state index contributed by atoms with van der Waals surface area (Å²) in [6.07, 6.45) is 2.73. The van der Waals surface area contributed by atoms with Crippen LogP contribution in [0.1, 0.15) is 25.1 Å². The molecule has 2 heterocycles. The second-order valence-electron chi connectivity index (χ2n) is 4.75. The van der Waals surface area contributed by atoms with E-state index in [0.717, 1.165) is 25.2 Å². The van der Waals surface area contributed by atoms with Gasteiger partial charge in [0.05, 0.1) is 6.04 Å². The van der Waals surface area contributed by atoms with Gasteiger partial charge in [-0.25, -0.2) is 4.79 Å². The van der Waals surface area contributed by atoms with Crippen LogP contribution in [0.5, 0.6) is 0 Å². The van der Waals surface area contributed by atoms with Gasteiger partial charge in [-0.2, -0.15) is 0 Å². The van der Waals surface area contributed by atoms with Gasteiger partial charge in [0.1, 0.15) is 0 Å². The number of aromatic amines is 1. The number of hydrogen-bond donors (Lipinski definition) is 2. The van der Waals surface area contributed by atoms with Crippen LogP contribution in [0, 0.1) is 0 Å². The molecule has 1 saturated heterocycles. The molecule has 2 rings (SSSR count). The van der Waals surface area contributed by atoms with Crippen molar-refractivity contribution < 1.29 is 4.79 Å². The fraction of sp³-hybridized carbons (Fsp3) is 0.583. The molecule has 1 aromatic rings. The average molecular weight is 236 g/mol. The Bertz CT molecular complexity index is 374. The highest BCUT2D eigenvalue weighted by Gasteiger charge is 2.35. The van der Waals surface area contributed by atoms with Gasteiger partial charge in [-0.1, -0.05) is 0 Å². The van der Waals surface area contributed by atoms with Crippen molar-refractivity contribution in [3.8, 4) is 0 Å². The minimum absolute atomic E-state index is 0.0882. The van der Waals surface area contributed by atoms with Crippen LogP contribution in [-0.2, 0) is 0 Å². The SMILES string of the molecule is CC(N)CCN1CC(c2ccc[nH]2)N(C)C1=O. The van der Waals surface area contributed by atoms with Crippen molar-refractivity contribution in [2.75, 3.05) is 20.1 Å². The van der Waals surface area contributed by atoms with Gasteiger partial charge in [0.15, 0.2) is 0 Å². The zero-order valence-corrected chi connectivity index (χ0v) is 10.4. The van der Waals surface area contributed by atoms with Gasteiger partial charge < -0.3 is 20.5 Å². The molecule has 2 atom stereocenters. The molecule has 0 radical (unpaired) electrons. The van der Waals surface area contributed by atoms with Crippen molar-refractivity contribution in [1.82, 2.24) is 14.8 Å². The molecule has 94 valence electrons. The Hall–Kier alpha value is -1.49. The third kappa shape index (κ3) is 2.44. The highest BCUT2D eigenvalue weighted by molar-refractivity contribution is 5.77. The zero-order chi connectivity index (χ0) is 12.4. The minimum Gasteiger partial charge on any atom is -0.363 e. The van der Waals surface area contributed by atoms with E-state index in [0.29, 0.717) is 0 Å². The molecule has 1 aromatic heterocycles. The van der Waals surface area contributed by atoms with Crippen LogP contribution < -0.4 is 5.73 Å². The maximum atomic E-state index is 12.0. The van der Waals surface area contributed by atoms with Crippen LogP contribution in [0.25, 0.3) is 0 Å². The number of urea groups is 1. The lowest BCUT2D eigenvalue weighted by Gasteiger charge is -2.16. The Morgan fingerprint density at radius 2 is 2.41 bits per heavy atom. The van der Waals surface area contributed by atoms with Crippen molar-refractivity contribution in [2.45, 2.75) is 25.4 Å². The summed E-state index contributed by atoms with van der Waals surface area (Å²) in [6.45, 7) is 3.44. The lowest BCUT2D eigenvalue weighted by atomic mass is 10.2. The van der Waals surface area contributed by atoms with E-state index in [-0.39, 0.29) is 18.1 Å². The molecule has 2 amide bonds. The van der Waals surface area contributed by atoms with E-state index >= 15 is 0 Å². The van der Waals surface area contributed by atoms with Gasteiger partial charge in [0.2, 0.25) is 0 Å². The van der Waals surface area contributed by atoms with Crippen LogP contribution in [0.2, 0.25) is 0 Å². The summed E-state index contributed by atoms with van der Waals surface area (Å²) < 4.78 is 0. The van der Waals surface area contributed by atoms with E-state index in [4.69, 9.17) is 5.73 Å². The maximum absolute atomic E-state index is 12.0. The Morgan fingerprint density at radius 1 is 1.65 bits per heavy atom. The quantitative estimate of drug-likeness (QED) is 0.824. The number of amides is 2. The number of carbonyl (C=O) groups is 1. The first-order valence-corrected chi connectivity index (χ1v) is 6.00. The first-order chi connectivity index (χ1) is 8.09. The molecule has 1 aliphatic heterocycles. The predicted molar refractivity (Wildman–Crippen MR) is 66.5 cm³/mol. The van der Waals surface area contributed by atoms with Crippen molar-refractivity contribution in [1.29, 1.82) is 0 Å². The number of aromatic nitrogens is 1. The lowest BCUT2D eigenvalue weighted by Crippen LogP contribution is -2.32. The number of nitrogens with two attached hydrogens (primary N) is 1. The predicted octanol–water partition coefficient (Wildman–Crippen LogP) is 1.16. The molecule has 17 heavy (non-hydrogen) atoms. The summed E-state index contributed by atoms with van der Waals surface area (Å²) in [6, 6.07) is 4.33. The van der Waals surface area contributed by atoms with E-state index in [1.807, 2.05) is 37.2 Å². The summed E-state index contributed by atoms with van der Waals surface area (Å²) >= 11 is 0. The summed E-state index contributed by atoms with van der Waals surface area (Å²) in [4.78, 5) is 18.8. The number of nitrogens with one attached hydrogen (secondary N) is 1. The van der Waals surface area contributed by atoms with Crippen molar-refractivity contribution in [3.05, 3.63) is 24.0 Å². The van der Waals surface area contributed by atoms with E-state index < -0.39 is 0 Å². The Labute approximate surface area is 102 Å². The van der Waals surface area contributed by atoms with Crippen LogP contribution in [-0.4, -0.2) is 47.0 Å². The van der Waals surface area contributed by atoms with Gasteiger partial charge in [-0.05, 0) is 25.5 Å². The topological polar surface area (TPSA) is 65.4 Å². The number of nitrogens with zero attached hydrogens (tertiary/aromatic N) is 2. The third-order valence-electron chi connectivity index (χ3n) is 3.27. The molecule has 3 N–H and O–H groups in total. The van der Waals surface area contributed by atoms with Crippen molar-refractivity contribution >= 4 is 6.03 Å². The van der Waals surface area contributed by atoms with E-state index in [1.54, 1.807) is 4.90 Å². The van der Waals surface area contributed by atoms with Gasteiger partial charge >= 0.3 is 6.03 Å². The minimum atomic E-state index is 0.0882. The molecule has 0 saturated carbocycles. The molecule has 1 fully saturated rings. The number of rotatable bonds is 4. The Kier molecular flexibility index (Phi) is 3.38. The van der Waals surface area contributed by atoms with Crippen molar-refractivity contribution in [3.63, 3.8) is 0 Å². The highest BCUT2D eigenvalue weighted by Crippen LogP contribution is 2.26.